The van der Waals surface area contributed by atoms with Crippen LogP contribution in [0.25, 0.3) is 0 Å². The summed E-state index contributed by atoms with van der Waals surface area (Å²) >= 11 is 0. The maximum absolute atomic E-state index is 4.43. The predicted octanol–water partition coefficient (Wildman–Crippen LogP) is 2.82. The Labute approximate surface area is 103 Å². The van der Waals surface area contributed by atoms with Crippen LogP contribution >= 0.6 is 0 Å². The number of hydrogen-bond acceptors (Lipinski definition) is 4. The van der Waals surface area contributed by atoms with Gasteiger partial charge in [0.25, 0.3) is 0 Å². The third-order valence-electron chi connectivity index (χ3n) is 3.56. The molecule has 1 aliphatic carbocycles. The van der Waals surface area contributed by atoms with E-state index in [1.165, 1.54) is 25.7 Å². The first-order valence-electron chi connectivity index (χ1n) is 6.49. The Hall–Kier alpha value is -1.32. The topological polar surface area (TPSA) is 49.8 Å². The van der Waals surface area contributed by atoms with Crippen LogP contribution in [-0.2, 0) is 0 Å². The lowest BCUT2D eigenvalue weighted by atomic mass is 10.00. The molecule has 17 heavy (non-hydrogen) atoms. The minimum Gasteiger partial charge on any atom is -0.367 e. The largest absolute Gasteiger partial charge is 0.367 e. The first kappa shape index (κ1) is 12.1. The van der Waals surface area contributed by atoms with Crippen molar-refractivity contribution in [2.45, 2.75) is 45.6 Å². The zero-order valence-electron chi connectivity index (χ0n) is 11.0. The molecule has 0 bridgehead atoms. The summed E-state index contributed by atoms with van der Waals surface area (Å²) in [4.78, 5) is 8.73. The van der Waals surface area contributed by atoms with E-state index in [0.29, 0.717) is 12.0 Å². The van der Waals surface area contributed by atoms with E-state index in [1.54, 1.807) is 0 Å². The Balaban J connectivity index is 2.04. The molecule has 1 heterocycles. The van der Waals surface area contributed by atoms with Gasteiger partial charge in [-0.15, -0.1) is 0 Å². The Bertz CT molecular complexity index is 372. The molecule has 1 aliphatic rings. The molecule has 4 nitrogen and oxygen atoms in total. The second-order valence-corrected chi connectivity index (χ2v) is 4.95. The molecule has 1 atom stereocenters. The zero-order chi connectivity index (χ0) is 12.3. The van der Waals surface area contributed by atoms with E-state index in [1.807, 2.05) is 20.0 Å². The van der Waals surface area contributed by atoms with Crippen molar-refractivity contribution in [2.75, 3.05) is 17.7 Å². The van der Waals surface area contributed by atoms with E-state index in [4.69, 9.17) is 0 Å². The van der Waals surface area contributed by atoms with Gasteiger partial charge in [0.1, 0.15) is 5.82 Å². The summed E-state index contributed by atoms with van der Waals surface area (Å²) in [5, 5.41) is 6.50. The number of nitrogens with one attached hydrogen (secondary N) is 2. The molecule has 1 unspecified atom stereocenters. The van der Waals surface area contributed by atoms with Gasteiger partial charge in [-0.25, -0.2) is 4.98 Å². The highest BCUT2D eigenvalue weighted by Gasteiger charge is 2.21. The van der Waals surface area contributed by atoms with Crippen LogP contribution in [0.1, 0.15) is 38.3 Å². The lowest BCUT2D eigenvalue weighted by Gasteiger charge is -2.21. The van der Waals surface area contributed by atoms with Crippen LogP contribution in [0.2, 0.25) is 0 Å². The predicted molar refractivity (Wildman–Crippen MR) is 71.4 cm³/mol. The van der Waals surface area contributed by atoms with Crippen molar-refractivity contribution in [3.8, 4) is 0 Å². The van der Waals surface area contributed by atoms with Gasteiger partial charge in [0.15, 0.2) is 0 Å². The van der Waals surface area contributed by atoms with Gasteiger partial charge >= 0.3 is 0 Å². The smallest absolute Gasteiger partial charge is 0.224 e. The third-order valence-corrected chi connectivity index (χ3v) is 3.56. The van der Waals surface area contributed by atoms with Crippen LogP contribution in [0.3, 0.4) is 0 Å². The molecule has 0 radical (unpaired) electrons. The Kier molecular flexibility index (Phi) is 3.82. The van der Waals surface area contributed by atoms with Gasteiger partial charge in [-0.2, -0.15) is 4.98 Å². The van der Waals surface area contributed by atoms with Crippen molar-refractivity contribution < 1.29 is 0 Å². The number of aromatic nitrogens is 2. The van der Waals surface area contributed by atoms with Crippen molar-refractivity contribution in [3.05, 3.63) is 11.8 Å². The van der Waals surface area contributed by atoms with Crippen LogP contribution < -0.4 is 10.6 Å². The van der Waals surface area contributed by atoms with Crippen LogP contribution in [0.4, 0.5) is 11.8 Å². The molecule has 0 spiro atoms. The summed E-state index contributed by atoms with van der Waals surface area (Å²) in [5.41, 5.74) is 0.991. The lowest BCUT2D eigenvalue weighted by Crippen LogP contribution is -2.24. The molecule has 0 aliphatic heterocycles. The number of aryl methyl sites for hydroxylation is 1. The lowest BCUT2D eigenvalue weighted by molar-refractivity contribution is 0.481. The summed E-state index contributed by atoms with van der Waals surface area (Å²) in [5.74, 6) is 2.41. The quantitative estimate of drug-likeness (QED) is 0.841. The van der Waals surface area contributed by atoms with E-state index in [9.17, 15) is 0 Å². The molecule has 2 N–H and O–H groups in total. The SMILES string of the molecule is CNc1nc(C)cc(NC(C)C2CCCC2)n1. The molecule has 1 aromatic heterocycles. The summed E-state index contributed by atoms with van der Waals surface area (Å²) in [6, 6.07) is 2.50. The molecule has 0 saturated heterocycles. The molecular weight excluding hydrogens is 212 g/mol. The summed E-state index contributed by atoms with van der Waals surface area (Å²) in [7, 11) is 1.85. The zero-order valence-corrected chi connectivity index (χ0v) is 11.0. The highest BCUT2D eigenvalue weighted by Crippen LogP contribution is 2.29. The number of anilines is 2. The normalized spacial score (nSPS) is 18.1. The monoisotopic (exact) mass is 234 g/mol. The van der Waals surface area contributed by atoms with E-state index < -0.39 is 0 Å². The minimum atomic E-state index is 0.497. The fourth-order valence-electron chi connectivity index (χ4n) is 2.56. The van der Waals surface area contributed by atoms with Gasteiger partial charge in [0, 0.05) is 24.8 Å². The van der Waals surface area contributed by atoms with Gasteiger partial charge in [-0.05, 0) is 32.6 Å². The Morgan fingerprint density at radius 1 is 1.29 bits per heavy atom. The van der Waals surface area contributed by atoms with Crippen LogP contribution in [-0.4, -0.2) is 23.1 Å². The molecule has 1 saturated carbocycles. The Morgan fingerprint density at radius 3 is 2.65 bits per heavy atom. The average Bonchev–Trinajstić information content (AvgIpc) is 2.81. The van der Waals surface area contributed by atoms with Gasteiger partial charge in [0.05, 0.1) is 0 Å². The van der Waals surface area contributed by atoms with Crippen molar-refractivity contribution in [1.29, 1.82) is 0 Å². The van der Waals surface area contributed by atoms with Gasteiger partial charge in [-0.3, -0.25) is 0 Å². The van der Waals surface area contributed by atoms with Gasteiger partial charge in [0.2, 0.25) is 5.95 Å². The number of rotatable bonds is 4. The van der Waals surface area contributed by atoms with Crippen molar-refractivity contribution in [3.63, 3.8) is 0 Å². The van der Waals surface area contributed by atoms with E-state index >= 15 is 0 Å². The van der Waals surface area contributed by atoms with Crippen LogP contribution in [0.5, 0.6) is 0 Å². The molecule has 4 heteroatoms. The third kappa shape index (κ3) is 3.08. The highest BCUT2D eigenvalue weighted by atomic mass is 15.1. The van der Waals surface area contributed by atoms with Crippen LogP contribution in [0, 0.1) is 12.8 Å². The second kappa shape index (κ2) is 5.34. The maximum Gasteiger partial charge on any atom is 0.224 e. The second-order valence-electron chi connectivity index (χ2n) is 4.95. The first-order chi connectivity index (χ1) is 8.19. The standard InChI is InChI=1S/C13H22N4/c1-9-8-12(17-13(14-3)15-9)16-10(2)11-6-4-5-7-11/h8,10-11H,4-7H2,1-3H3,(H2,14,15,16,17). The number of hydrogen-bond donors (Lipinski definition) is 2. The molecule has 0 amide bonds. The van der Waals surface area contributed by atoms with Crippen molar-refractivity contribution >= 4 is 11.8 Å². The van der Waals surface area contributed by atoms with Crippen molar-refractivity contribution in [1.82, 2.24) is 9.97 Å². The fourth-order valence-corrected chi connectivity index (χ4v) is 2.56. The summed E-state index contributed by atoms with van der Waals surface area (Å²) < 4.78 is 0. The molecule has 2 rings (SSSR count). The summed E-state index contributed by atoms with van der Waals surface area (Å²) in [6.45, 7) is 4.25. The van der Waals surface area contributed by atoms with E-state index in [-0.39, 0.29) is 0 Å². The maximum atomic E-state index is 4.43. The molecule has 94 valence electrons. The van der Waals surface area contributed by atoms with Crippen molar-refractivity contribution in [2.24, 2.45) is 5.92 Å². The number of nitrogens with zero attached hydrogens (tertiary/aromatic N) is 2. The van der Waals surface area contributed by atoms with Gasteiger partial charge < -0.3 is 10.6 Å². The average molecular weight is 234 g/mol. The van der Waals surface area contributed by atoms with Gasteiger partial charge in [-0.1, -0.05) is 12.8 Å². The highest BCUT2D eigenvalue weighted by molar-refractivity contribution is 5.42. The molecule has 1 fully saturated rings. The molecule has 1 aromatic rings. The van der Waals surface area contributed by atoms with E-state index in [2.05, 4.69) is 27.5 Å². The fraction of sp³-hybridized carbons (Fsp3) is 0.692. The van der Waals surface area contributed by atoms with E-state index in [0.717, 1.165) is 17.4 Å². The molecule has 0 aromatic carbocycles. The summed E-state index contributed by atoms with van der Waals surface area (Å²) in [6.07, 6.45) is 5.44. The first-order valence-corrected chi connectivity index (χ1v) is 6.49. The van der Waals surface area contributed by atoms with Crippen LogP contribution in [0.15, 0.2) is 6.07 Å². The molecular formula is C13H22N4. The Morgan fingerprint density at radius 2 is 2.00 bits per heavy atom. The minimum absolute atomic E-state index is 0.497.